The Bertz CT molecular complexity index is 1490. The SMILES string of the molecule is CCOC(=O)C1=C(C)NC2=C(C(=O)C[C@H](c3ccc(OC)c(OC)c3)C2)[C@H]1c1cccc(Oc2ccccc2)c1. The number of nitrogens with one attached hydrogen (secondary N) is 1. The van der Waals surface area contributed by atoms with E-state index in [9.17, 15) is 9.59 Å². The maximum absolute atomic E-state index is 13.9. The van der Waals surface area contributed by atoms with Crippen LogP contribution in [-0.2, 0) is 14.3 Å². The van der Waals surface area contributed by atoms with Crippen LogP contribution in [-0.4, -0.2) is 32.6 Å². The van der Waals surface area contributed by atoms with Crippen molar-refractivity contribution < 1.29 is 28.5 Å². The molecule has 0 amide bonds. The summed E-state index contributed by atoms with van der Waals surface area (Å²) in [4.78, 5) is 27.2. The second-order valence-corrected chi connectivity index (χ2v) is 9.84. The van der Waals surface area contributed by atoms with Crippen LogP contribution in [0.15, 0.2) is 95.3 Å². The zero-order chi connectivity index (χ0) is 28.2. The van der Waals surface area contributed by atoms with Crippen molar-refractivity contribution in [3.63, 3.8) is 0 Å². The van der Waals surface area contributed by atoms with E-state index >= 15 is 0 Å². The number of benzene rings is 3. The van der Waals surface area contributed by atoms with Crippen LogP contribution in [0, 0.1) is 0 Å². The number of methoxy groups -OCH3 is 2. The first-order valence-corrected chi connectivity index (χ1v) is 13.4. The maximum Gasteiger partial charge on any atom is 0.336 e. The highest BCUT2D eigenvalue weighted by atomic mass is 16.5. The van der Waals surface area contributed by atoms with Crippen molar-refractivity contribution in [2.75, 3.05) is 20.8 Å². The summed E-state index contributed by atoms with van der Waals surface area (Å²) in [6.07, 6.45) is 0.919. The largest absolute Gasteiger partial charge is 0.493 e. The fourth-order valence-electron chi connectivity index (χ4n) is 5.58. The molecular weight excluding hydrogens is 506 g/mol. The molecule has 3 aromatic rings. The second kappa shape index (κ2) is 11.7. The molecule has 7 heteroatoms. The fourth-order valence-corrected chi connectivity index (χ4v) is 5.58. The van der Waals surface area contributed by atoms with Crippen molar-refractivity contribution in [1.29, 1.82) is 0 Å². The van der Waals surface area contributed by atoms with Crippen LogP contribution in [0.2, 0.25) is 0 Å². The predicted octanol–water partition coefficient (Wildman–Crippen LogP) is 6.42. The van der Waals surface area contributed by atoms with Crippen LogP contribution in [0.4, 0.5) is 0 Å². The molecule has 0 radical (unpaired) electrons. The van der Waals surface area contributed by atoms with E-state index in [0.29, 0.717) is 52.7 Å². The molecule has 0 aromatic heterocycles. The van der Waals surface area contributed by atoms with Crippen molar-refractivity contribution in [3.05, 3.63) is 106 Å². The zero-order valence-corrected chi connectivity index (χ0v) is 23.2. The molecule has 0 saturated heterocycles. The third-order valence-electron chi connectivity index (χ3n) is 7.37. The van der Waals surface area contributed by atoms with Crippen LogP contribution in [0.5, 0.6) is 23.0 Å². The minimum Gasteiger partial charge on any atom is -0.493 e. The Morgan fingerprint density at radius 3 is 2.35 bits per heavy atom. The Balaban J connectivity index is 1.55. The molecule has 1 aliphatic heterocycles. The van der Waals surface area contributed by atoms with Crippen molar-refractivity contribution in [1.82, 2.24) is 5.32 Å². The molecule has 0 spiro atoms. The van der Waals surface area contributed by atoms with Gasteiger partial charge in [0.2, 0.25) is 0 Å². The van der Waals surface area contributed by atoms with Gasteiger partial charge in [0, 0.05) is 29.3 Å². The van der Waals surface area contributed by atoms with Gasteiger partial charge in [0.05, 0.1) is 26.4 Å². The smallest absolute Gasteiger partial charge is 0.336 e. The number of ether oxygens (including phenoxy) is 4. The maximum atomic E-state index is 13.9. The Hall–Kier alpha value is -4.52. The summed E-state index contributed by atoms with van der Waals surface area (Å²) in [6, 6.07) is 22.8. The van der Waals surface area contributed by atoms with Gasteiger partial charge in [0.25, 0.3) is 0 Å². The molecule has 1 heterocycles. The molecule has 2 atom stereocenters. The van der Waals surface area contributed by atoms with Gasteiger partial charge >= 0.3 is 5.97 Å². The highest BCUT2D eigenvalue weighted by Gasteiger charge is 2.41. The van der Waals surface area contributed by atoms with Gasteiger partial charge < -0.3 is 24.3 Å². The topological polar surface area (TPSA) is 83.1 Å². The summed E-state index contributed by atoms with van der Waals surface area (Å²) in [5.41, 5.74) is 4.32. The van der Waals surface area contributed by atoms with Gasteiger partial charge in [-0.15, -0.1) is 0 Å². The van der Waals surface area contributed by atoms with E-state index < -0.39 is 11.9 Å². The third-order valence-corrected chi connectivity index (χ3v) is 7.37. The van der Waals surface area contributed by atoms with Gasteiger partial charge in [0.1, 0.15) is 11.5 Å². The summed E-state index contributed by atoms with van der Waals surface area (Å²) >= 11 is 0. The fraction of sp³-hybridized carbons (Fsp3) is 0.273. The number of rotatable bonds is 8. The number of hydrogen-bond donors (Lipinski definition) is 1. The standard InChI is InChI=1S/C33H33NO6/c1-5-39-33(36)30-20(2)34-26-17-23(21-14-15-28(37-3)29(19-21)38-4)18-27(35)32(26)31(30)22-10-9-13-25(16-22)40-24-11-7-6-8-12-24/h6-16,19,23,31,34H,5,17-18H2,1-4H3/t23-,31+/m1/s1. The summed E-state index contributed by atoms with van der Waals surface area (Å²) in [6.45, 7) is 3.87. The molecule has 0 saturated carbocycles. The van der Waals surface area contributed by atoms with Gasteiger partial charge in [-0.2, -0.15) is 0 Å². The Kier molecular flexibility index (Phi) is 7.91. The molecular formula is C33H33NO6. The van der Waals surface area contributed by atoms with E-state index in [1.54, 1.807) is 21.1 Å². The van der Waals surface area contributed by atoms with E-state index in [2.05, 4.69) is 5.32 Å². The van der Waals surface area contributed by atoms with E-state index in [1.165, 1.54) is 0 Å². The Labute approximate surface area is 234 Å². The number of ketones is 1. The zero-order valence-electron chi connectivity index (χ0n) is 23.2. The highest BCUT2D eigenvalue weighted by Crippen LogP contribution is 2.47. The number of carbonyl (C=O) groups is 2. The number of carbonyl (C=O) groups excluding carboxylic acids is 2. The average molecular weight is 540 g/mol. The lowest BCUT2D eigenvalue weighted by Gasteiger charge is -2.36. The molecule has 1 N–H and O–H groups in total. The van der Waals surface area contributed by atoms with Crippen LogP contribution < -0.4 is 19.5 Å². The number of para-hydroxylation sites is 1. The molecule has 206 valence electrons. The van der Waals surface area contributed by atoms with E-state index in [0.717, 1.165) is 16.8 Å². The summed E-state index contributed by atoms with van der Waals surface area (Å²) < 4.78 is 22.4. The lowest BCUT2D eigenvalue weighted by atomic mass is 9.71. The number of hydrogen-bond acceptors (Lipinski definition) is 7. The van der Waals surface area contributed by atoms with E-state index in [1.807, 2.05) is 79.7 Å². The Morgan fingerprint density at radius 2 is 1.62 bits per heavy atom. The lowest BCUT2D eigenvalue weighted by molar-refractivity contribution is -0.138. The lowest BCUT2D eigenvalue weighted by Crippen LogP contribution is -2.36. The molecule has 2 aliphatic rings. The first-order valence-electron chi connectivity index (χ1n) is 13.4. The molecule has 0 unspecified atom stereocenters. The van der Waals surface area contributed by atoms with Gasteiger partial charge in [0.15, 0.2) is 17.3 Å². The number of allylic oxidation sites excluding steroid dienone is 3. The molecule has 0 fully saturated rings. The van der Waals surface area contributed by atoms with E-state index in [-0.39, 0.29) is 18.3 Å². The van der Waals surface area contributed by atoms with Gasteiger partial charge in [-0.05, 0) is 73.7 Å². The first-order chi connectivity index (χ1) is 19.4. The Morgan fingerprint density at radius 1 is 0.875 bits per heavy atom. The van der Waals surface area contributed by atoms with Crippen molar-refractivity contribution in [2.45, 2.75) is 38.5 Å². The van der Waals surface area contributed by atoms with Crippen molar-refractivity contribution >= 4 is 11.8 Å². The van der Waals surface area contributed by atoms with Gasteiger partial charge in [-0.1, -0.05) is 36.4 Å². The highest BCUT2D eigenvalue weighted by molar-refractivity contribution is 6.04. The predicted molar refractivity (Wildman–Crippen MR) is 152 cm³/mol. The van der Waals surface area contributed by atoms with Gasteiger partial charge in [-0.3, -0.25) is 4.79 Å². The first kappa shape index (κ1) is 27.1. The summed E-state index contributed by atoms with van der Waals surface area (Å²) in [7, 11) is 3.20. The molecule has 0 bridgehead atoms. The van der Waals surface area contributed by atoms with Crippen LogP contribution >= 0.6 is 0 Å². The molecule has 40 heavy (non-hydrogen) atoms. The third kappa shape index (κ3) is 5.32. The van der Waals surface area contributed by atoms with Crippen LogP contribution in [0.1, 0.15) is 49.7 Å². The summed E-state index contributed by atoms with van der Waals surface area (Å²) in [5.74, 6) is 1.51. The monoisotopic (exact) mass is 539 g/mol. The number of Topliss-reactive ketones (excluding diaryl/α,β-unsaturated/α-hetero) is 1. The number of dihydropyridines is 1. The molecule has 3 aromatic carbocycles. The minimum absolute atomic E-state index is 0.0118. The quantitative estimate of drug-likeness (QED) is 0.331. The van der Waals surface area contributed by atoms with Gasteiger partial charge in [-0.25, -0.2) is 4.79 Å². The summed E-state index contributed by atoms with van der Waals surface area (Å²) in [5, 5.41) is 3.39. The van der Waals surface area contributed by atoms with Crippen molar-refractivity contribution in [2.24, 2.45) is 0 Å². The number of esters is 1. The van der Waals surface area contributed by atoms with Crippen LogP contribution in [0.25, 0.3) is 0 Å². The normalized spacial score (nSPS) is 18.6. The molecule has 7 nitrogen and oxygen atoms in total. The minimum atomic E-state index is -0.575. The second-order valence-electron chi connectivity index (χ2n) is 9.84. The average Bonchev–Trinajstić information content (AvgIpc) is 2.96. The van der Waals surface area contributed by atoms with Crippen LogP contribution in [0.3, 0.4) is 0 Å². The van der Waals surface area contributed by atoms with Crippen molar-refractivity contribution in [3.8, 4) is 23.0 Å². The molecule has 1 aliphatic carbocycles. The molecule has 5 rings (SSSR count). The van der Waals surface area contributed by atoms with E-state index in [4.69, 9.17) is 18.9 Å².